The molecule has 6 nitrogen and oxygen atoms in total. The minimum absolute atomic E-state index is 0.0541. The van der Waals surface area contributed by atoms with Gasteiger partial charge in [-0.1, -0.05) is 12.5 Å². The zero-order valence-corrected chi connectivity index (χ0v) is 20.5. The number of nitrogens with zero attached hydrogens (tertiary/aromatic N) is 2. The lowest BCUT2D eigenvalue weighted by atomic mass is 10.1. The van der Waals surface area contributed by atoms with Crippen LogP contribution >= 0.6 is 11.3 Å². The molecule has 2 aliphatic rings. The number of piperidine rings is 2. The number of ether oxygens (including phenoxy) is 1. The minimum atomic E-state index is -3.43. The smallest absolute Gasteiger partial charge is 0.252 e. The molecule has 2 saturated heterocycles. The van der Waals surface area contributed by atoms with Crippen LogP contribution in [0.3, 0.4) is 0 Å². The Balaban J connectivity index is 1.29. The van der Waals surface area contributed by atoms with Crippen molar-refractivity contribution in [2.45, 2.75) is 62.7 Å². The number of carbonyl (C=O) groups excluding carboxylic acids is 1. The largest absolute Gasteiger partial charge is 0.490 e. The number of amides is 1. The van der Waals surface area contributed by atoms with Crippen LogP contribution in [0.5, 0.6) is 5.75 Å². The lowest BCUT2D eigenvalue weighted by Gasteiger charge is -2.32. The average molecular weight is 477 g/mol. The average Bonchev–Trinajstić information content (AvgIpc) is 3.27. The molecule has 1 amide bonds. The molecule has 4 rings (SSSR count). The van der Waals surface area contributed by atoms with E-state index < -0.39 is 10.0 Å². The number of hydrogen-bond acceptors (Lipinski definition) is 5. The third kappa shape index (κ3) is 5.35. The van der Waals surface area contributed by atoms with E-state index in [2.05, 4.69) is 26.0 Å². The summed E-state index contributed by atoms with van der Waals surface area (Å²) in [6, 6.07) is 9.59. The van der Waals surface area contributed by atoms with E-state index in [0.29, 0.717) is 30.4 Å². The molecule has 8 heteroatoms. The van der Waals surface area contributed by atoms with Crippen LogP contribution in [0.4, 0.5) is 0 Å². The Labute approximate surface area is 195 Å². The van der Waals surface area contributed by atoms with Gasteiger partial charge in [-0.25, -0.2) is 8.42 Å². The molecular weight excluding hydrogens is 444 g/mol. The number of carbonyl (C=O) groups is 1. The second-order valence-corrected chi connectivity index (χ2v) is 12.1. The zero-order chi connectivity index (χ0) is 22.7. The van der Waals surface area contributed by atoms with Crippen LogP contribution in [0.15, 0.2) is 34.5 Å². The van der Waals surface area contributed by atoms with Crippen molar-refractivity contribution >= 4 is 27.3 Å². The summed E-state index contributed by atoms with van der Waals surface area (Å²) in [5, 5.41) is 0. The van der Waals surface area contributed by atoms with Crippen molar-refractivity contribution in [2.75, 3.05) is 26.2 Å². The van der Waals surface area contributed by atoms with Gasteiger partial charge in [0.1, 0.15) is 16.1 Å². The number of benzene rings is 1. The normalized spacial score (nSPS) is 18.6. The van der Waals surface area contributed by atoms with E-state index in [9.17, 15) is 13.2 Å². The van der Waals surface area contributed by atoms with Gasteiger partial charge in [0, 0.05) is 43.9 Å². The van der Waals surface area contributed by atoms with E-state index in [1.807, 2.05) is 11.0 Å². The van der Waals surface area contributed by atoms with Gasteiger partial charge >= 0.3 is 0 Å². The first-order chi connectivity index (χ1) is 15.3. The predicted molar refractivity (Wildman–Crippen MR) is 127 cm³/mol. The van der Waals surface area contributed by atoms with Crippen molar-refractivity contribution in [2.24, 2.45) is 0 Å². The van der Waals surface area contributed by atoms with Crippen molar-refractivity contribution in [1.82, 2.24) is 9.21 Å². The van der Waals surface area contributed by atoms with Gasteiger partial charge in [-0.05, 0) is 62.1 Å². The maximum atomic E-state index is 12.8. The van der Waals surface area contributed by atoms with E-state index in [1.54, 1.807) is 16.4 Å². The molecule has 174 valence electrons. The summed E-state index contributed by atoms with van der Waals surface area (Å²) < 4.78 is 33.7. The van der Waals surface area contributed by atoms with E-state index in [1.165, 1.54) is 22.5 Å². The molecule has 2 aromatic rings. The molecule has 0 aliphatic carbocycles. The van der Waals surface area contributed by atoms with E-state index in [4.69, 9.17) is 4.74 Å². The van der Waals surface area contributed by atoms with Crippen molar-refractivity contribution in [1.29, 1.82) is 0 Å². The summed E-state index contributed by atoms with van der Waals surface area (Å²) in [4.78, 5) is 15.5. The second kappa shape index (κ2) is 9.93. The van der Waals surface area contributed by atoms with E-state index in [0.717, 1.165) is 42.7 Å². The fourth-order valence-electron chi connectivity index (χ4n) is 4.29. The molecule has 0 radical (unpaired) electrons. The van der Waals surface area contributed by atoms with Crippen LogP contribution in [0.25, 0.3) is 0 Å². The molecule has 3 heterocycles. The van der Waals surface area contributed by atoms with Crippen molar-refractivity contribution < 1.29 is 17.9 Å². The molecule has 2 aliphatic heterocycles. The Morgan fingerprint density at radius 1 is 1.00 bits per heavy atom. The van der Waals surface area contributed by atoms with Crippen molar-refractivity contribution in [3.05, 3.63) is 46.3 Å². The van der Waals surface area contributed by atoms with Gasteiger partial charge in [-0.2, -0.15) is 4.31 Å². The summed E-state index contributed by atoms with van der Waals surface area (Å²) in [5.41, 5.74) is 2.46. The van der Waals surface area contributed by atoms with Crippen LogP contribution in [0.1, 0.15) is 48.1 Å². The van der Waals surface area contributed by atoms with Gasteiger partial charge in [-0.3, -0.25) is 4.79 Å². The van der Waals surface area contributed by atoms with Crippen LogP contribution in [-0.4, -0.2) is 55.8 Å². The van der Waals surface area contributed by atoms with Gasteiger partial charge in [0.25, 0.3) is 10.0 Å². The molecule has 2 fully saturated rings. The highest BCUT2D eigenvalue weighted by Gasteiger charge is 2.28. The third-order valence-electron chi connectivity index (χ3n) is 6.45. The van der Waals surface area contributed by atoms with Crippen LogP contribution in [-0.2, 0) is 21.2 Å². The summed E-state index contributed by atoms with van der Waals surface area (Å²) in [5.74, 6) is 0.942. The second-order valence-electron chi connectivity index (χ2n) is 8.81. The molecule has 32 heavy (non-hydrogen) atoms. The fraction of sp³-hybridized carbons (Fsp3) is 0.542. The number of aryl methyl sites for hydroxylation is 2. The Bertz CT molecular complexity index is 1050. The molecule has 0 saturated carbocycles. The number of rotatable bonds is 6. The lowest BCUT2D eigenvalue weighted by Crippen LogP contribution is -2.42. The van der Waals surface area contributed by atoms with Crippen molar-refractivity contribution in [3.63, 3.8) is 0 Å². The number of thiophene rings is 1. The minimum Gasteiger partial charge on any atom is -0.490 e. The molecule has 1 aromatic heterocycles. The molecular formula is C24H32N2O4S2. The Morgan fingerprint density at radius 3 is 2.41 bits per heavy atom. The van der Waals surface area contributed by atoms with E-state index >= 15 is 0 Å². The first kappa shape index (κ1) is 23.3. The van der Waals surface area contributed by atoms with E-state index in [-0.39, 0.29) is 18.4 Å². The fourth-order valence-corrected chi connectivity index (χ4v) is 7.31. The lowest BCUT2D eigenvalue weighted by molar-refractivity contribution is -0.132. The standard InChI is InChI=1S/C24H32N2O4S2/c1-18-6-7-21(16-19(18)2)30-20-10-14-25(15-11-20)23(27)17-22-8-9-24(31-22)32(28,29)26-12-4-3-5-13-26/h6-9,16,20H,3-5,10-15,17H2,1-2H3. The maximum Gasteiger partial charge on any atom is 0.252 e. The summed E-state index contributed by atoms with van der Waals surface area (Å²) in [6.07, 6.45) is 4.89. The predicted octanol–water partition coefficient (Wildman–Crippen LogP) is 4.15. The molecule has 0 N–H and O–H groups in total. The Morgan fingerprint density at radius 2 is 1.72 bits per heavy atom. The summed E-state index contributed by atoms with van der Waals surface area (Å²) in [7, 11) is -3.43. The highest BCUT2D eigenvalue weighted by molar-refractivity contribution is 7.91. The topological polar surface area (TPSA) is 66.9 Å². The van der Waals surface area contributed by atoms with Gasteiger partial charge < -0.3 is 9.64 Å². The Kier molecular flexibility index (Phi) is 7.22. The summed E-state index contributed by atoms with van der Waals surface area (Å²) >= 11 is 1.23. The van der Waals surface area contributed by atoms with Crippen LogP contribution in [0.2, 0.25) is 0 Å². The highest BCUT2D eigenvalue weighted by Crippen LogP contribution is 2.28. The summed E-state index contributed by atoms with van der Waals surface area (Å²) in [6.45, 7) is 6.68. The quantitative estimate of drug-likeness (QED) is 0.628. The van der Waals surface area contributed by atoms with Crippen molar-refractivity contribution in [3.8, 4) is 5.75 Å². The molecule has 0 atom stereocenters. The third-order valence-corrected chi connectivity index (χ3v) is 9.90. The zero-order valence-electron chi connectivity index (χ0n) is 18.9. The molecule has 0 unspecified atom stereocenters. The van der Waals surface area contributed by atoms with Gasteiger partial charge in [0.05, 0.1) is 6.42 Å². The molecule has 0 bridgehead atoms. The SMILES string of the molecule is Cc1ccc(OC2CCN(C(=O)Cc3ccc(S(=O)(=O)N4CCCCC4)s3)CC2)cc1C. The van der Waals surface area contributed by atoms with Crippen LogP contribution in [0, 0.1) is 13.8 Å². The number of hydrogen-bond donors (Lipinski definition) is 0. The monoisotopic (exact) mass is 476 g/mol. The first-order valence-corrected chi connectivity index (χ1v) is 13.7. The van der Waals surface area contributed by atoms with Gasteiger partial charge in [-0.15, -0.1) is 11.3 Å². The maximum absolute atomic E-state index is 12.8. The molecule has 1 aromatic carbocycles. The molecule has 0 spiro atoms. The number of likely N-dealkylation sites (tertiary alicyclic amines) is 1. The number of sulfonamides is 1. The van der Waals surface area contributed by atoms with Gasteiger partial charge in [0.2, 0.25) is 5.91 Å². The van der Waals surface area contributed by atoms with Crippen LogP contribution < -0.4 is 4.74 Å². The Hall–Kier alpha value is -1.90. The highest BCUT2D eigenvalue weighted by atomic mass is 32.2. The van der Waals surface area contributed by atoms with Gasteiger partial charge in [0.15, 0.2) is 0 Å². The first-order valence-electron chi connectivity index (χ1n) is 11.4.